The number of anilines is 6. The highest BCUT2D eigenvalue weighted by atomic mass is 15.1. The van der Waals surface area contributed by atoms with Crippen LogP contribution in [0.15, 0.2) is 212 Å². The molecule has 4 bridgehead atoms. The van der Waals surface area contributed by atoms with Gasteiger partial charge in [0.15, 0.2) is 0 Å². The number of hydrogen-bond acceptors (Lipinski definition) is 2. The maximum atomic E-state index is 2.61. The molecule has 9 aromatic rings. The molecule has 1 atom stereocenters. The Morgan fingerprint density at radius 2 is 0.700 bits per heavy atom. The second-order valence-corrected chi connectivity index (χ2v) is 22.1. The van der Waals surface area contributed by atoms with Gasteiger partial charge in [0.05, 0.1) is 5.41 Å². The van der Waals surface area contributed by atoms with Gasteiger partial charge in [0.25, 0.3) is 0 Å². The molecule has 0 heterocycles. The molecule has 0 amide bonds. The Kier molecular flexibility index (Phi) is 8.69. The third-order valence-electron chi connectivity index (χ3n) is 18.2. The Balaban J connectivity index is 0.953. The molecule has 0 saturated heterocycles. The molecule has 0 aliphatic heterocycles. The molecule has 4 saturated carbocycles. The van der Waals surface area contributed by atoms with Crippen molar-refractivity contribution in [3.8, 4) is 33.4 Å². The van der Waals surface area contributed by atoms with Crippen LogP contribution in [0.1, 0.15) is 90.8 Å². The van der Waals surface area contributed by atoms with E-state index >= 15 is 0 Å². The van der Waals surface area contributed by atoms with Gasteiger partial charge in [-0.3, -0.25) is 0 Å². The van der Waals surface area contributed by atoms with Crippen LogP contribution in [0.25, 0.3) is 33.4 Å². The number of hydrogen-bond donors (Lipinski definition) is 0. The second kappa shape index (κ2) is 15.0. The average Bonchev–Trinajstić information content (AvgIpc) is 3.95. The summed E-state index contributed by atoms with van der Waals surface area (Å²) in [4.78, 5) is 5.03. The van der Waals surface area contributed by atoms with Crippen molar-refractivity contribution in [2.45, 2.75) is 62.7 Å². The number of rotatable bonds is 7. The lowest BCUT2D eigenvalue weighted by molar-refractivity contribution is -0.00276. The maximum Gasteiger partial charge on any atom is 0.0727 e. The van der Waals surface area contributed by atoms with E-state index in [0.29, 0.717) is 5.92 Å². The van der Waals surface area contributed by atoms with Gasteiger partial charge in [-0.05, 0) is 207 Å². The van der Waals surface area contributed by atoms with Crippen molar-refractivity contribution in [1.29, 1.82) is 0 Å². The molecule has 2 heteroatoms. The van der Waals surface area contributed by atoms with Gasteiger partial charge in [-0.2, -0.15) is 0 Å². The molecule has 2 nitrogen and oxygen atoms in total. The topological polar surface area (TPSA) is 6.48 Å². The molecule has 7 aliphatic carbocycles. The molecule has 70 heavy (non-hydrogen) atoms. The standard InChI is InChI=1S/C68H56N2/c1-67(2)60-25-12-9-22-54(60)57-31-28-51(40-63(57)67)70(50-21-15-16-45(39-50)66-46-35-43-34-44(37-46)38-47(66)36-43)53-30-33-59-56-24-11-14-27-62(56)68(65(59)42-53)61-26-13-10-23-55(61)58-32-29-52(41-64(58)68)69(48-17-5-3-6-18-48)49-19-7-4-8-20-49/h3-33,39-44,46-47,66H,34-38H2,1-2H3. The Labute approximate surface area is 412 Å². The summed E-state index contributed by atoms with van der Waals surface area (Å²) < 4.78 is 0. The first-order valence-electron chi connectivity index (χ1n) is 26.0. The highest BCUT2D eigenvalue weighted by molar-refractivity contribution is 5.98. The quantitative estimate of drug-likeness (QED) is 0.157. The molecule has 16 rings (SSSR count). The van der Waals surface area contributed by atoms with Gasteiger partial charge in [0.2, 0.25) is 0 Å². The highest BCUT2D eigenvalue weighted by Gasteiger charge is 2.53. The molecule has 7 aliphatic rings. The number of nitrogens with zero attached hydrogens (tertiary/aromatic N) is 2. The van der Waals surface area contributed by atoms with Crippen molar-refractivity contribution in [3.05, 3.63) is 251 Å². The molecule has 9 aromatic carbocycles. The van der Waals surface area contributed by atoms with Gasteiger partial charge >= 0.3 is 0 Å². The van der Waals surface area contributed by atoms with E-state index in [-0.39, 0.29) is 5.41 Å². The van der Waals surface area contributed by atoms with Crippen LogP contribution in [-0.2, 0) is 10.8 Å². The molecular formula is C68H56N2. The van der Waals surface area contributed by atoms with Crippen molar-refractivity contribution in [3.63, 3.8) is 0 Å². The van der Waals surface area contributed by atoms with Crippen LogP contribution in [0.4, 0.5) is 34.1 Å². The molecule has 1 unspecified atom stereocenters. The van der Waals surface area contributed by atoms with E-state index in [1.54, 1.807) is 5.56 Å². The molecule has 4 fully saturated rings. The minimum absolute atomic E-state index is 0.123. The zero-order chi connectivity index (χ0) is 46.3. The van der Waals surface area contributed by atoms with Crippen molar-refractivity contribution >= 4 is 34.1 Å². The fourth-order valence-electron chi connectivity index (χ4n) is 15.6. The average molecular weight is 901 g/mol. The zero-order valence-electron chi connectivity index (χ0n) is 40.0. The molecule has 0 N–H and O–H groups in total. The van der Waals surface area contributed by atoms with Gasteiger partial charge in [0.1, 0.15) is 0 Å². The van der Waals surface area contributed by atoms with E-state index in [1.807, 2.05) is 0 Å². The fourth-order valence-corrected chi connectivity index (χ4v) is 15.6. The molecule has 0 aromatic heterocycles. The van der Waals surface area contributed by atoms with Gasteiger partial charge in [-0.15, -0.1) is 0 Å². The predicted molar refractivity (Wildman–Crippen MR) is 289 cm³/mol. The van der Waals surface area contributed by atoms with Crippen LogP contribution in [0, 0.1) is 23.7 Å². The van der Waals surface area contributed by atoms with Crippen LogP contribution in [0.2, 0.25) is 0 Å². The van der Waals surface area contributed by atoms with Crippen molar-refractivity contribution in [1.82, 2.24) is 0 Å². The summed E-state index contributed by atoms with van der Waals surface area (Å²) in [5, 5.41) is 0. The predicted octanol–water partition coefficient (Wildman–Crippen LogP) is 17.8. The summed E-state index contributed by atoms with van der Waals surface area (Å²) in [6.45, 7) is 4.82. The lowest BCUT2D eigenvalue weighted by Gasteiger charge is -2.54. The monoisotopic (exact) mass is 900 g/mol. The minimum Gasteiger partial charge on any atom is -0.310 e. The summed E-state index contributed by atoms with van der Waals surface area (Å²) in [5.41, 5.74) is 24.1. The third-order valence-corrected chi connectivity index (χ3v) is 18.2. The second-order valence-electron chi connectivity index (χ2n) is 22.1. The van der Waals surface area contributed by atoms with Crippen molar-refractivity contribution in [2.24, 2.45) is 23.7 Å². The first-order chi connectivity index (χ1) is 34.4. The van der Waals surface area contributed by atoms with E-state index in [0.717, 1.165) is 40.7 Å². The molecule has 338 valence electrons. The Bertz CT molecular complexity index is 3490. The normalized spacial score (nSPS) is 23.0. The van der Waals surface area contributed by atoms with Crippen LogP contribution in [0.3, 0.4) is 0 Å². The van der Waals surface area contributed by atoms with Crippen molar-refractivity contribution in [2.75, 3.05) is 9.80 Å². The van der Waals surface area contributed by atoms with E-state index in [2.05, 4.69) is 236 Å². The Hall–Kier alpha value is -7.42. The number of fused-ring (bicyclic) bond motifs is 13. The minimum atomic E-state index is -0.543. The van der Waals surface area contributed by atoms with E-state index in [9.17, 15) is 0 Å². The first kappa shape index (κ1) is 40.5. The van der Waals surface area contributed by atoms with Crippen LogP contribution < -0.4 is 9.80 Å². The zero-order valence-corrected chi connectivity index (χ0v) is 40.0. The van der Waals surface area contributed by atoms with Crippen molar-refractivity contribution < 1.29 is 0 Å². The number of benzene rings is 9. The highest BCUT2D eigenvalue weighted by Crippen LogP contribution is 2.65. The van der Waals surface area contributed by atoms with Gasteiger partial charge in [0, 0.05) is 39.5 Å². The Morgan fingerprint density at radius 1 is 0.314 bits per heavy atom. The van der Waals surface area contributed by atoms with Gasteiger partial charge in [-0.25, -0.2) is 0 Å². The van der Waals surface area contributed by atoms with Crippen LogP contribution in [-0.4, -0.2) is 0 Å². The van der Waals surface area contributed by atoms with Crippen LogP contribution >= 0.6 is 0 Å². The maximum absolute atomic E-state index is 2.61. The largest absolute Gasteiger partial charge is 0.310 e. The smallest absolute Gasteiger partial charge is 0.0727 e. The SMILES string of the molecule is CC1(C)c2ccccc2-c2ccc(N(c3cccc(C4C5CC6CC(C5)CC4C6)c3)c3ccc4c(c3)C3(c5ccccc5-c5ccc(N(c6ccccc6)c6ccccc6)cc53)c3ccccc3-4)cc21. The first-order valence-corrected chi connectivity index (χ1v) is 26.0. The molecular weight excluding hydrogens is 845 g/mol. The summed E-state index contributed by atoms with van der Waals surface area (Å²) in [7, 11) is 0. The molecule has 0 radical (unpaired) electrons. The van der Waals surface area contributed by atoms with Gasteiger partial charge in [-0.1, -0.05) is 153 Å². The van der Waals surface area contributed by atoms with E-state index in [4.69, 9.17) is 0 Å². The summed E-state index contributed by atoms with van der Waals surface area (Å²) >= 11 is 0. The lowest BCUT2D eigenvalue weighted by atomic mass is 9.51. The number of para-hydroxylation sites is 2. The molecule has 1 spiro atoms. The van der Waals surface area contributed by atoms with Gasteiger partial charge < -0.3 is 9.80 Å². The van der Waals surface area contributed by atoms with Crippen LogP contribution in [0.5, 0.6) is 0 Å². The van der Waals surface area contributed by atoms with E-state index in [1.165, 1.54) is 116 Å². The summed E-state index contributed by atoms with van der Waals surface area (Å²) in [5.74, 6) is 4.16. The van der Waals surface area contributed by atoms with E-state index < -0.39 is 5.41 Å². The Morgan fingerprint density at radius 3 is 1.23 bits per heavy atom. The lowest BCUT2D eigenvalue weighted by Crippen LogP contribution is -2.43. The fraction of sp³-hybridized carbons (Fsp3) is 0.206. The third kappa shape index (κ3) is 5.68. The summed E-state index contributed by atoms with van der Waals surface area (Å²) in [6, 6.07) is 81.1. The summed E-state index contributed by atoms with van der Waals surface area (Å²) in [6.07, 6.45) is 7.14.